The molecule has 0 saturated carbocycles. The zero-order valence-electron chi connectivity index (χ0n) is 18.1. The Bertz CT molecular complexity index is 1320. The van der Waals surface area contributed by atoms with Crippen molar-refractivity contribution in [3.63, 3.8) is 0 Å². The number of nitrogens with two attached hydrogens (primary N) is 1. The molecule has 2 N–H and O–H groups in total. The average Bonchev–Trinajstić information content (AvgIpc) is 3.15. The minimum Gasteiger partial charge on any atom is -0.324 e. The standard InChI is InChI=1S/C28H26N4/c1-20-31-27-15-14-24(26(29)18-25-9-5-6-16-30-25)17-28(27)32(20)19-21-10-12-23(13-11-21)22-7-3-2-4-8-22/h2-17,26H,18-19,29H2,1H3. The second-order valence-corrected chi connectivity index (χ2v) is 8.19. The second kappa shape index (κ2) is 8.77. The van der Waals surface area contributed by atoms with Gasteiger partial charge in [0, 0.05) is 30.9 Å². The summed E-state index contributed by atoms with van der Waals surface area (Å²) in [5, 5.41) is 0. The summed E-state index contributed by atoms with van der Waals surface area (Å²) in [6, 6.07) is 31.4. The maximum Gasteiger partial charge on any atom is 0.107 e. The molecule has 5 aromatic rings. The Morgan fingerprint density at radius 2 is 1.59 bits per heavy atom. The van der Waals surface area contributed by atoms with Crippen LogP contribution in [0, 0.1) is 6.92 Å². The van der Waals surface area contributed by atoms with E-state index in [2.05, 4.69) is 83.2 Å². The summed E-state index contributed by atoms with van der Waals surface area (Å²) < 4.78 is 2.27. The van der Waals surface area contributed by atoms with Crippen molar-refractivity contribution in [1.29, 1.82) is 0 Å². The molecule has 158 valence electrons. The Morgan fingerprint density at radius 1 is 0.844 bits per heavy atom. The maximum atomic E-state index is 6.53. The van der Waals surface area contributed by atoms with E-state index < -0.39 is 0 Å². The molecule has 2 aromatic heterocycles. The van der Waals surface area contributed by atoms with Gasteiger partial charge >= 0.3 is 0 Å². The first kappa shape index (κ1) is 20.2. The van der Waals surface area contributed by atoms with Gasteiger partial charge in [-0.05, 0) is 53.4 Å². The van der Waals surface area contributed by atoms with E-state index in [1.165, 1.54) is 16.7 Å². The Hall–Kier alpha value is -3.76. The van der Waals surface area contributed by atoms with E-state index >= 15 is 0 Å². The molecule has 0 fully saturated rings. The third-order valence-electron chi connectivity index (χ3n) is 5.95. The molecule has 2 heterocycles. The molecule has 0 aliphatic heterocycles. The topological polar surface area (TPSA) is 56.7 Å². The van der Waals surface area contributed by atoms with Crippen LogP contribution in [0.3, 0.4) is 0 Å². The van der Waals surface area contributed by atoms with Crippen LogP contribution in [0.25, 0.3) is 22.2 Å². The van der Waals surface area contributed by atoms with Gasteiger partial charge in [-0.1, -0.05) is 66.7 Å². The quantitative estimate of drug-likeness (QED) is 0.385. The summed E-state index contributed by atoms with van der Waals surface area (Å²) in [5.74, 6) is 1.00. The van der Waals surface area contributed by atoms with Crippen LogP contribution in [0.1, 0.15) is 28.7 Å². The van der Waals surface area contributed by atoms with Crippen molar-refractivity contribution in [3.8, 4) is 11.1 Å². The van der Waals surface area contributed by atoms with E-state index in [0.29, 0.717) is 6.42 Å². The van der Waals surface area contributed by atoms with E-state index in [4.69, 9.17) is 10.7 Å². The summed E-state index contributed by atoms with van der Waals surface area (Å²) in [6.45, 7) is 2.84. The molecule has 0 radical (unpaired) electrons. The molecule has 3 aromatic carbocycles. The Morgan fingerprint density at radius 3 is 2.34 bits per heavy atom. The van der Waals surface area contributed by atoms with Gasteiger partial charge in [0.25, 0.3) is 0 Å². The predicted molar refractivity (Wildman–Crippen MR) is 130 cm³/mol. The number of rotatable bonds is 6. The third-order valence-corrected chi connectivity index (χ3v) is 5.95. The normalized spacial score (nSPS) is 12.2. The number of hydrogen-bond acceptors (Lipinski definition) is 3. The summed E-state index contributed by atoms with van der Waals surface area (Å²) in [4.78, 5) is 9.18. The van der Waals surface area contributed by atoms with Crippen molar-refractivity contribution in [1.82, 2.24) is 14.5 Å². The van der Waals surface area contributed by atoms with Gasteiger partial charge in [-0.15, -0.1) is 0 Å². The number of pyridine rings is 1. The fourth-order valence-corrected chi connectivity index (χ4v) is 4.17. The highest BCUT2D eigenvalue weighted by atomic mass is 15.1. The minimum atomic E-state index is -0.108. The molecule has 32 heavy (non-hydrogen) atoms. The van der Waals surface area contributed by atoms with Gasteiger partial charge < -0.3 is 10.3 Å². The molecule has 5 rings (SSSR count). The lowest BCUT2D eigenvalue weighted by atomic mass is 10.0. The molecule has 0 amide bonds. The van der Waals surface area contributed by atoms with Crippen molar-refractivity contribution in [2.45, 2.75) is 25.9 Å². The highest BCUT2D eigenvalue weighted by molar-refractivity contribution is 5.77. The van der Waals surface area contributed by atoms with Gasteiger partial charge in [0.2, 0.25) is 0 Å². The zero-order chi connectivity index (χ0) is 21.9. The van der Waals surface area contributed by atoms with Crippen LogP contribution in [-0.2, 0) is 13.0 Å². The van der Waals surface area contributed by atoms with Crippen molar-refractivity contribution in [2.75, 3.05) is 0 Å². The lowest BCUT2D eigenvalue weighted by Gasteiger charge is -2.13. The SMILES string of the molecule is Cc1nc2ccc(C(N)Cc3ccccn3)cc2n1Cc1ccc(-c2ccccc2)cc1. The zero-order valence-corrected chi connectivity index (χ0v) is 18.1. The van der Waals surface area contributed by atoms with Crippen LogP contribution < -0.4 is 5.73 Å². The highest BCUT2D eigenvalue weighted by Crippen LogP contribution is 2.24. The van der Waals surface area contributed by atoms with Gasteiger partial charge in [-0.2, -0.15) is 0 Å². The first-order valence-corrected chi connectivity index (χ1v) is 10.9. The van der Waals surface area contributed by atoms with Crippen LogP contribution in [0.15, 0.2) is 97.2 Å². The lowest BCUT2D eigenvalue weighted by molar-refractivity contribution is 0.706. The smallest absolute Gasteiger partial charge is 0.107 e. The molecule has 4 heteroatoms. The van der Waals surface area contributed by atoms with Crippen molar-refractivity contribution in [2.24, 2.45) is 5.73 Å². The molecule has 1 atom stereocenters. The predicted octanol–water partition coefficient (Wildman–Crippen LogP) is 5.70. The number of benzene rings is 3. The van der Waals surface area contributed by atoms with E-state index in [0.717, 1.165) is 34.7 Å². The molecule has 0 saturated heterocycles. The Balaban J connectivity index is 1.41. The third kappa shape index (κ3) is 4.18. The van der Waals surface area contributed by atoms with E-state index in [1.807, 2.05) is 30.5 Å². The number of aryl methyl sites for hydroxylation is 1. The maximum absolute atomic E-state index is 6.53. The minimum absolute atomic E-state index is 0.108. The summed E-state index contributed by atoms with van der Waals surface area (Å²) >= 11 is 0. The van der Waals surface area contributed by atoms with Crippen LogP contribution in [0.4, 0.5) is 0 Å². The lowest BCUT2D eigenvalue weighted by Crippen LogP contribution is -2.14. The van der Waals surface area contributed by atoms with Gasteiger partial charge in [0.05, 0.1) is 11.0 Å². The van der Waals surface area contributed by atoms with Crippen LogP contribution >= 0.6 is 0 Å². The van der Waals surface area contributed by atoms with Crippen molar-refractivity contribution < 1.29 is 0 Å². The Labute approximate surface area is 188 Å². The average molecular weight is 419 g/mol. The van der Waals surface area contributed by atoms with Crippen molar-refractivity contribution in [3.05, 3.63) is 120 Å². The second-order valence-electron chi connectivity index (χ2n) is 8.19. The van der Waals surface area contributed by atoms with Gasteiger partial charge in [-0.25, -0.2) is 4.98 Å². The van der Waals surface area contributed by atoms with Gasteiger partial charge in [0.15, 0.2) is 0 Å². The number of hydrogen-bond donors (Lipinski definition) is 1. The molecule has 4 nitrogen and oxygen atoms in total. The van der Waals surface area contributed by atoms with Crippen molar-refractivity contribution >= 4 is 11.0 Å². The fourth-order valence-electron chi connectivity index (χ4n) is 4.17. The summed E-state index contributed by atoms with van der Waals surface area (Å²) in [5.41, 5.74) is 14.4. The molecular formula is C28H26N4. The summed E-state index contributed by atoms with van der Waals surface area (Å²) in [7, 11) is 0. The molecule has 0 aliphatic rings. The van der Waals surface area contributed by atoms with Gasteiger partial charge in [-0.3, -0.25) is 4.98 Å². The molecule has 1 unspecified atom stereocenters. The monoisotopic (exact) mass is 418 g/mol. The highest BCUT2D eigenvalue weighted by Gasteiger charge is 2.13. The van der Waals surface area contributed by atoms with E-state index in [9.17, 15) is 0 Å². The number of imidazole rings is 1. The van der Waals surface area contributed by atoms with Crippen LogP contribution in [0.5, 0.6) is 0 Å². The fraction of sp³-hybridized carbons (Fsp3) is 0.143. The first-order chi connectivity index (χ1) is 15.7. The van der Waals surface area contributed by atoms with E-state index in [-0.39, 0.29) is 6.04 Å². The number of fused-ring (bicyclic) bond motifs is 1. The van der Waals surface area contributed by atoms with Crippen LogP contribution in [-0.4, -0.2) is 14.5 Å². The van der Waals surface area contributed by atoms with Gasteiger partial charge in [0.1, 0.15) is 5.82 Å². The van der Waals surface area contributed by atoms with Crippen LogP contribution in [0.2, 0.25) is 0 Å². The molecule has 0 spiro atoms. The Kier molecular flexibility index (Phi) is 5.53. The van der Waals surface area contributed by atoms with E-state index in [1.54, 1.807) is 0 Å². The number of nitrogens with zero attached hydrogens (tertiary/aromatic N) is 3. The largest absolute Gasteiger partial charge is 0.324 e. The molecule has 0 bridgehead atoms. The molecular weight excluding hydrogens is 392 g/mol. The summed E-state index contributed by atoms with van der Waals surface area (Å²) in [6.07, 6.45) is 2.52. The number of aromatic nitrogens is 3. The molecule has 0 aliphatic carbocycles. The first-order valence-electron chi connectivity index (χ1n) is 10.9.